The van der Waals surface area contributed by atoms with E-state index in [1.54, 1.807) is 19.1 Å². The van der Waals surface area contributed by atoms with Gasteiger partial charge in [0.25, 0.3) is 0 Å². The summed E-state index contributed by atoms with van der Waals surface area (Å²) in [5, 5.41) is 0. The van der Waals surface area contributed by atoms with Crippen molar-refractivity contribution in [1.29, 1.82) is 0 Å². The maximum Gasteiger partial charge on any atom is 0.137 e. The highest BCUT2D eigenvalue weighted by Gasteiger charge is 2.16. The molecule has 2 N–H and O–H groups in total. The van der Waals surface area contributed by atoms with E-state index in [1.807, 2.05) is 0 Å². The van der Waals surface area contributed by atoms with Gasteiger partial charge in [-0.1, -0.05) is 12.1 Å². The van der Waals surface area contributed by atoms with Gasteiger partial charge in [0.2, 0.25) is 0 Å². The molecule has 0 aliphatic carbocycles. The van der Waals surface area contributed by atoms with Gasteiger partial charge in [0.15, 0.2) is 0 Å². The molecule has 1 atom stereocenters. The van der Waals surface area contributed by atoms with Gasteiger partial charge in [-0.2, -0.15) is 0 Å². The van der Waals surface area contributed by atoms with E-state index in [0.717, 1.165) is 6.07 Å². The second-order valence-electron chi connectivity index (χ2n) is 4.65. The highest BCUT2D eigenvalue weighted by atomic mass is 79.9. The lowest BCUT2D eigenvalue weighted by atomic mass is 9.97. The quantitative estimate of drug-likeness (QED) is 0.877. The molecule has 1 nitrogen and oxygen atoms in total. The molecule has 2 aromatic rings. The molecular weight excluding hydrogens is 331 g/mol. The van der Waals surface area contributed by atoms with E-state index in [-0.39, 0.29) is 12.0 Å². The highest BCUT2D eigenvalue weighted by molar-refractivity contribution is 9.10. The summed E-state index contributed by atoms with van der Waals surface area (Å²) in [7, 11) is 0. The van der Waals surface area contributed by atoms with Crippen LogP contribution in [0.15, 0.2) is 34.8 Å². The van der Waals surface area contributed by atoms with Crippen LogP contribution < -0.4 is 5.73 Å². The molecule has 2 rings (SSSR count). The van der Waals surface area contributed by atoms with E-state index in [0.29, 0.717) is 15.6 Å². The van der Waals surface area contributed by atoms with Gasteiger partial charge < -0.3 is 5.73 Å². The zero-order chi connectivity index (χ0) is 14.9. The molecule has 0 aliphatic heterocycles. The first kappa shape index (κ1) is 15.1. The predicted molar refractivity (Wildman–Crippen MR) is 75.8 cm³/mol. The summed E-state index contributed by atoms with van der Waals surface area (Å²) < 4.78 is 40.7. The van der Waals surface area contributed by atoms with Crippen LogP contribution in [0.5, 0.6) is 0 Å². The van der Waals surface area contributed by atoms with Crippen molar-refractivity contribution < 1.29 is 13.2 Å². The molecule has 0 aliphatic rings. The van der Waals surface area contributed by atoms with Crippen molar-refractivity contribution >= 4 is 15.9 Å². The van der Waals surface area contributed by atoms with Crippen LogP contribution in [-0.2, 0) is 6.42 Å². The first-order chi connectivity index (χ1) is 9.40. The number of aryl methyl sites for hydroxylation is 1. The molecule has 0 saturated carbocycles. The summed E-state index contributed by atoms with van der Waals surface area (Å²) in [6.45, 7) is 1.54. The second-order valence-corrected chi connectivity index (χ2v) is 5.44. The Hall–Kier alpha value is -1.33. The molecule has 0 saturated heterocycles. The van der Waals surface area contributed by atoms with Crippen molar-refractivity contribution in [1.82, 2.24) is 0 Å². The van der Waals surface area contributed by atoms with Crippen molar-refractivity contribution in [3.8, 4) is 0 Å². The lowest BCUT2D eigenvalue weighted by Gasteiger charge is -2.15. The summed E-state index contributed by atoms with van der Waals surface area (Å²) in [4.78, 5) is 0. The topological polar surface area (TPSA) is 26.0 Å². The van der Waals surface area contributed by atoms with Crippen LogP contribution in [0.1, 0.15) is 22.7 Å². The summed E-state index contributed by atoms with van der Waals surface area (Å²) >= 11 is 3.14. The minimum Gasteiger partial charge on any atom is -0.324 e. The Morgan fingerprint density at radius 3 is 2.50 bits per heavy atom. The summed E-state index contributed by atoms with van der Waals surface area (Å²) in [5.41, 5.74) is 7.15. The van der Waals surface area contributed by atoms with Gasteiger partial charge in [0.05, 0.1) is 4.47 Å². The number of halogens is 4. The standard InChI is InChI=1S/C15H13BrF3N/c1-8-5-10(13(19)7-12(8)18)14(20)6-9-3-2-4-11(17)15(9)16/h2-5,7,14H,6,20H2,1H3. The van der Waals surface area contributed by atoms with Crippen LogP contribution in [0.3, 0.4) is 0 Å². The number of hydrogen-bond donors (Lipinski definition) is 1. The van der Waals surface area contributed by atoms with Gasteiger partial charge >= 0.3 is 0 Å². The van der Waals surface area contributed by atoms with Gasteiger partial charge in [-0.25, -0.2) is 13.2 Å². The third-order valence-electron chi connectivity index (χ3n) is 3.15. The zero-order valence-corrected chi connectivity index (χ0v) is 12.3. The lowest BCUT2D eigenvalue weighted by Crippen LogP contribution is -2.16. The Morgan fingerprint density at radius 1 is 1.10 bits per heavy atom. The molecule has 0 radical (unpaired) electrons. The Bertz CT molecular complexity index is 643. The SMILES string of the molecule is Cc1cc(C(N)Cc2cccc(F)c2Br)c(F)cc1F. The molecule has 0 bridgehead atoms. The van der Waals surface area contributed by atoms with Gasteiger partial charge in [-0.05, 0) is 52.5 Å². The molecule has 106 valence electrons. The maximum absolute atomic E-state index is 13.8. The van der Waals surface area contributed by atoms with Crippen molar-refractivity contribution in [2.24, 2.45) is 5.73 Å². The third kappa shape index (κ3) is 3.04. The minimum absolute atomic E-state index is 0.222. The molecule has 2 aromatic carbocycles. The molecule has 5 heteroatoms. The average molecular weight is 344 g/mol. The number of hydrogen-bond acceptors (Lipinski definition) is 1. The highest BCUT2D eigenvalue weighted by Crippen LogP contribution is 2.27. The monoisotopic (exact) mass is 343 g/mol. The zero-order valence-electron chi connectivity index (χ0n) is 10.8. The fourth-order valence-electron chi connectivity index (χ4n) is 2.02. The third-order valence-corrected chi connectivity index (χ3v) is 4.04. The molecule has 0 amide bonds. The number of benzene rings is 2. The molecular formula is C15H13BrF3N. The lowest BCUT2D eigenvalue weighted by molar-refractivity contribution is 0.548. The van der Waals surface area contributed by atoms with Gasteiger partial charge in [0, 0.05) is 17.7 Å². The van der Waals surface area contributed by atoms with Crippen LogP contribution in [0, 0.1) is 24.4 Å². The van der Waals surface area contributed by atoms with Crippen molar-refractivity contribution in [2.45, 2.75) is 19.4 Å². The first-order valence-electron chi connectivity index (χ1n) is 6.04. The molecule has 0 spiro atoms. The van der Waals surface area contributed by atoms with E-state index in [2.05, 4.69) is 15.9 Å². The fraction of sp³-hybridized carbons (Fsp3) is 0.200. The molecule has 0 heterocycles. The van der Waals surface area contributed by atoms with Crippen LogP contribution in [0.25, 0.3) is 0 Å². The van der Waals surface area contributed by atoms with Crippen LogP contribution in [0.4, 0.5) is 13.2 Å². The van der Waals surface area contributed by atoms with Gasteiger partial charge in [-0.15, -0.1) is 0 Å². The number of rotatable bonds is 3. The van der Waals surface area contributed by atoms with Gasteiger partial charge in [0.1, 0.15) is 17.5 Å². The van der Waals surface area contributed by atoms with Crippen LogP contribution in [-0.4, -0.2) is 0 Å². The van der Waals surface area contributed by atoms with Crippen molar-refractivity contribution in [2.75, 3.05) is 0 Å². The fourth-order valence-corrected chi connectivity index (χ4v) is 2.44. The smallest absolute Gasteiger partial charge is 0.137 e. The summed E-state index contributed by atoms with van der Waals surface area (Å²) in [6.07, 6.45) is 0.250. The Balaban J connectivity index is 2.31. The predicted octanol–water partition coefficient (Wildman–Crippen LogP) is 4.42. The Morgan fingerprint density at radius 2 is 1.80 bits per heavy atom. The van der Waals surface area contributed by atoms with Crippen LogP contribution in [0.2, 0.25) is 0 Å². The maximum atomic E-state index is 13.8. The molecule has 0 aromatic heterocycles. The van der Waals surface area contributed by atoms with E-state index in [9.17, 15) is 13.2 Å². The van der Waals surface area contributed by atoms with Crippen LogP contribution >= 0.6 is 15.9 Å². The first-order valence-corrected chi connectivity index (χ1v) is 6.83. The second kappa shape index (κ2) is 5.97. The molecule has 0 fully saturated rings. The summed E-state index contributed by atoms with van der Waals surface area (Å²) in [5.74, 6) is -1.69. The molecule has 20 heavy (non-hydrogen) atoms. The minimum atomic E-state index is -0.687. The van der Waals surface area contributed by atoms with E-state index in [4.69, 9.17) is 5.73 Å². The largest absolute Gasteiger partial charge is 0.324 e. The number of nitrogens with two attached hydrogens (primary N) is 1. The Kier molecular flexibility index (Phi) is 4.50. The normalized spacial score (nSPS) is 12.5. The average Bonchev–Trinajstić information content (AvgIpc) is 2.39. The summed E-state index contributed by atoms with van der Waals surface area (Å²) in [6, 6.07) is 6.14. The van der Waals surface area contributed by atoms with E-state index in [1.165, 1.54) is 12.1 Å². The van der Waals surface area contributed by atoms with Crippen molar-refractivity contribution in [3.63, 3.8) is 0 Å². The van der Waals surface area contributed by atoms with E-state index < -0.39 is 23.5 Å². The van der Waals surface area contributed by atoms with Crippen molar-refractivity contribution in [3.05, 3.63) is 68.9 Å². The van der Waals surface area contributed by atoms with E-state index >= 15 is 0 Å². The van der Waals surface area contributed by atoms with Gasteiger partial charge in [-0.3, -0.25) is 0 Å². The Labute approximate surface area is 123 Å². The molecule has 1 unspecified atom stereocenters.